The molecule has 1 fully saturated rings. The third kappa shape index (κ3) is 2.32. The van der Waals surface area contributed by atoms with Crippen LogP contribution in [-0.4, -0.2) is 41.6 Å². The minimum absolute atomic E-state index is 0.122. The molecule has 0 bridgehead atoms. The molecule has 0 saturated carbocycles. The number of β-amino-alcohol motifs (C(OH)–C–C–N with tert-alkyl or cyclic N) is 1. The van der Waals surface area contributed by atoms with E-state index in [0.29, 0.717) is 11.8 Å². The molecule has 0 radical (unpaired) electrons. The van der Waals surface area contributed by atoms with E-state index in [1.807, 2.05) is 0 Å². The van der Waals surface area contributed by atoms with Gasteiger partial charge in [-0.05, 0) is 12.3 Å². The second-order valence-electron chi connectivity index (χ2n) is 3.18. The summed E-state index contributed by atoms with van der Waals surface area (Å²) in [6.07, 6.45) is 0.947. The summed E-state index contributed by atoms with van der Waals surface area (Å²) in [5.74, 6) is 1.14. The Balaban J connectivity index is 2.30. The molecule has 11 heavy (non-hydrogen) atoms. The molecule has 66 valence electrons. The summed E-state index contributed by atoms with van der Waals surface area (Å²) in [7, 11) is 0. The quantitative estimate of drug-likeness (QED) is 0.649. The van der Waals surface area contributed by atoms with Gasteiger partial charge in [0.25, 0.3) is 0 Å². The lowest BCUT2D eigenvalue weighted by Gasteiger charge is -2.11. The van der Waals surface area contributed by atoms with E-state index in [1.165, 1.54) is 0 Å². The summed E-state index contributed by atoms with van der Waals surface area (Å²) in [5.41, 5.74) is 0. The van der Waals surface area contributed by atoms with Crippen LogP contribution in [0.15, 0.2) is 0 Å². The highest BCUT2D eigenvalue weighted by Gasteiger charge is 2.28. The molecule has 0 aromatic rings. The fraction of sp³-hybridized carbons (Fsp3) is 1.00. The number of likely N-dealkylation sites (tertiary alicyclic amines) is 1. The van der Waals surface area contributed by atoms with Crippen molar-refractivity contribution < 1.29 is 5.11 Å². The number of hydrogen-bond donors (Lipinski definition) is 1. The van der Waals surface area contributed by atoms with Gasteiger partial charge < -0.3 is 5.11 Å². The molecule has 2 atom stereocenters. The Morgan fingerprint density at radius 1 is 1.55 bits per heavy atom. The zero-order valence-electron chi connectivity index (χ0n) is 6.96. The summed E-state index contributed by atoms with van der Waals surface area (Å²) >= 11 is 5.60. The van der Waals surface area contributed by atoms with E-state index in [1.54, 1.807) is 0 Å². The van der Waals surface area contributed by atoms with E-state index in [0.717, 1.165) is 26.1 Å². The first-order chi connectivity index (χ1) is 5.27. The van der Waals surface area contributed by atoms with Crippen molar-refractivity contribution in [3.8, 4) is 0 Å². The minimum atomic E-state index is -0.122. The Labute approximate surface area is 73.1 Å². The zero-order valence-corrected chi connectivity index (χ0v) is 7.72. The van der Waals surface area contributed by atoms with E-state index in [4.69, 9.17) is 11.6 Å². The second-order valence-corrected chi connectivity index (χ2v) is 3.56. The molecule has 2 unspecified atom stereocenters. The maximum Gasteiger partial charge on any atom is 0.0707 e. The lowest BCUT2D eigenvalue weighted by atomic mass is 10.0. The summed E-state index contributed by atoms with van der Waals surface area (Å²) in [6, 6.07) is 0. The van der Waals surface area contributed by atoms with Gasteiger partial charge in [0.05, 0.1) is 6.10 Å². The number of hydrogen-bond acceptors (Lipinski definition) is 2. The van der Waals surface area contributed by atoms with Gasteiger partial charge in [-0.15, -0.1) is 11.6 Å². The van der Waals surface area contributed by atoms with E-state index < -0.39 is 0 Å². The Morgan fingerprint density at radius 3 is 2.73 bits per heavy atom. The lowest BCUT2D eigenvalue weighted by Crippen LogP contribution is -2.23. The first-order valence-corrected chi connectivity index (χ1v) is 4.77. The van der Waals surface area contributed by atoms with Crippen molar-refractivity contribution in [2.75, 3.05) is 25.5 Å². The van der Waals surface area contributed by atoms with Crippen LogP contribution >= 0.6 is 11.6 Å². The largest absolute Gasteiger partial charge is 0.391 e. The van der Waals surface area contributed by atoms with Crippen LogP contribution in [0.3, 0.4) is 0 Å². The van der Waals surface area contributed by atoms with E-state index in [9.17, 15) is 5.11 Å². The molecule has 1 N–H and O–H groups in total. The van der Waals surface area contributed by atoms with Gasteiger partial charge in [0.2, 0.25) is 0 Å². The molecular formula is C8H16ClNO. The summed E-state index contributed by atoms with van der Waals surface area (Å²) in [6.45, 7) is 4.86. The van der Waals surface area contributed by atoms with E-state index in [2.05, 4.69) is 11.8 Å². The molecule has 1 heterocycles. The van der Waals surface area contributed by atoms with Crippen molar-refractivity contribution >= 4 is 11.6 Å². The Kier molecular flexibility index (Phi) is 3.63. The molecule has 1 rings (SSSR count). The molecular weight excluding hydrogens is 162 g/mol. The van der Waals surface area contributed by atoms with Gasteiger partial charge in [0.1, 0.15) is 0 Å². The number of rotatable bonds is 3. The number of halogens is 1. The minimum Gasteiger partial charge on any atom is -0.391 e. The predicted molar refractivity (Wildman–Crippen MR) is 46.9 cm³/mol. The average Bonchev–Trinajstić information content (AvgIpc) is 2.32. The van der Waals surface area contributed by atoms with Gasteiger partial charge >= 0.3 is 0 Å². The fourth-order valence-electron chi connectivity index (χ4n) is 1.64. The van der Waals surface area contributed by atoms with Crippen LogP contribution < -0.4 is 0 Å². The van der Waals surface area contributed by atoms with Crippen LogP contribution in [0.5, 0.6) is 0 Å². The van der Waals surface area contributed by atoms with Gasteiger partial charge in [-0.1, -0.05) is 6.92 Å². The van der Waals surface area contributed by atoms with Crippen LogP contribution in [0, 0.1) is 5.92 Å². The first kappa shape index (κ1) is 9.30. The van der Waals surface area contributed by atoms with E-state index in [-0.39, 0.29) is 6.10 Å². The maximum absolute atomic E-state index is 9.50. The van der Waals surface area contributed by atoms with Crippen LogP contribution in [0.2, 0.25) is 0 Å². The molecule has 1 saturated heterocycles. The maximum atomic E-state index is 9.50. The zero-order chi connectivity index (χ0) is 8.27. The average molecular weight is 178 g/mol. The molecule has 0 amide bonds. The van der Waals surface area contributed by atoms with Crippen LogP contribution in [-0.2, 0) is 0 Å². The number of nitrogens with zero attached hydrogens (tertiary/aromatic N) is 1. The van der Waals surface area contributed by atoms with Crippen molar-refractivity contribution in [2.45, 2.75) is 19.4 Å². The predicted octanol–water partition coefficient (Wildman–Crippen LogP) is 0.928. The van der Waals surface area contributed by atoms with Gasteiger partial charge in [0, 0.05) is 25.5 Å². The Hall–Kier alpha value is 0.210. The third-order valence-corrected chi connectivity index (χ3v) is 2.58. The van der Waals surface area contributed by atoms with Gasteiger partial charge in [-0.2, -0.15) is 0 Å². The third-order valence-electron chi connectivity index (χ3n) is 2.41. The standard InChI is InChI=1S/C8H16ClNO/c1-2-7-5-10(4-3-9)6-8(7)11/h7-8,11H,2-6H2,1H3. The van der Waals surface area contributed by atoms with Crippen molar-refractivity contribution in [2.24, 2.45) is 5.92 Å². The first-order valence-electron chi connectivity index (χ1n) is 4.24. The highest BCUT2D eigenvalue weighted by Crippen LogP contribution is 2.19. The number of aliphatic hydroxyl groups is 1. The van der Waals surface area contributed by atoms with Crippen LogP contribution in [0.4, 0.5) is 0 Å². The summed E-state index contributed by atoms with van der Waals surface area (Å²) in [4.78, 5) is 2.23. The normalized spacial score (nSPS) is 33.0. The summed E-state index contributed by atoms with van der Waals surface area (Å²) in [5, 5.41) is 9.50. The lowest BCUT2D eigenvalue weighted by molar-refractivity contribution is 0.140. The monoisotopic (exact) mass is 177 g/mol. The van der Waals surface area contributed by atoms with Gasteiger partial charge in [-0.3, -0.25) is 4.90 Å². The van der Waals surface area contributed by atoms with E-state index >= 15 is 0 Å². The van der Waals surface area contributed by atoms with Gasteiger partial charge in [0.15, 0.2) is 0 Å². The SMILES string of the molecule is CCC1CN(CCCl)CC1O. The number of alkyl halides is 1. The molecule has 1 aliphatic rings. The fourth-order valence-corrected chi connectivity index (χ4v) is 1.88. The smallest absolute Gasteiger partial charge is 0.0707 e. The van der Waals surface area contributed by atoms with Crippen molar-refractivity contribution in [1.29, 1.82) is 0 Å². The summed E-state index contributed by atoms with van der Waals surface area (Å²) < 4.78 is 0. The van der Waals surface area contributed by atoms with Crippen LogP contribution in [0.1, 0.15) is 13.3 Å². The van der Waals surface area contributed by atoms with Crippen molar-refractivity contribution in [3.05, 3.63) is 0 Å². The van der Waals surface area contributed by atoms with Crippen molar-refractivity contribution in [3.63, 3.8) is 0 Å². The number of aliphatic hydroxyl groups excluding tert-OH is 1. The molecule has 0 spiro atoms. The molecule has 2 nitrogen and oxygen atoms in total. The molecule has 0 aromatic carbocycles. The van der Waals surface area contributed by atoms with Crippen LogP contribution in [0.25, 0.3) is 0 Å². The molecule has 3 heteroatoms. The molecule has 1 aliphatic heterocycles. The highest BCUT2D eigenvalue weighted by atomic mass is 35.5. The molecule has 0 aliphatic carbocycles. The topological polar surface area (TPSA) is 23.5 Å². The highest BCUT2D eigenvalue weighted by molar-refractivity contribution is 6.18. The Morgan fingerprint density at radius 2 is 2.27 bits per heavy atom. The van der Waals surface area contributed by atoms with Gasteiger partial charge in [-0.25, -0.2) is 0 Å². The molecule has 0 aromatic heterocycles. The van der Waals surface area contributed by atoms with Crippen molar-refractivity contribution in [1.82, 2.24) is 4.90 Å². The second kappa shape index (κ2) is 4.29. The Bertz CT molecular complexity index is 121.